The Balaban J connectivity index is 1.76. The maximum atomic E-state index is 5.84. The number of anilines is 1. The van der Waals surface area contributed by atoms with Crippen molar-refractivity contribution in [1.82, 2.24) is 0 Å². The third-order valence-corrected chi connectivity index (χ3v) is 3.69. The molecule has 3 nitrogen and oxygen atoms in total. The molecule has 0 heterocycles. The fraction of sp³-hybridized carbons (Fsp3) is 0.0526. The van der Waals surface area contributed by atoms with E-state index in [4.69, 9.17) is 11.5 Å². The Morgan fingerprint density at radius 2 is 1.73 bits per heavy atom. The van der Waals surface area contributed by atoms with E-state index in [0.717, 1.165) is 17.8 Å². The summed E-state index contributed by atoms with van der Waals surface area (Å²) in [6.45, 7) is 0.764. The molecular formula is C19H19N3. The topological polar surface area (TPSA) is 64.1 Å². The molecule has 110 valence electrons. The average molecular weight is 289 g/mol. The van der Waals surface area contributed by atoms with Crippen LogP contribution in [0.25, 0.3) is 16.5 Å². The second-order valence-electron chi connectivity index (χ2n) is 5.24. The van der Waals surface area contributed by atoms with E-state index in [1.54, 1.807) is 0 Å². The van der Waals surface area contributed by atoms with Crippen LogP contribution in [0.15, 0.2) is 72.9 Å². The summed E-state index contributed by atoms with van der Waals surface area (Å²) in [6, 6.07) is 22.8. The van der Waals surface area contributed by atoms with E-state index in [-0.39, 0.29) is 0 Å². The van der Waals surface area contributed by atoms with Crippen molar-refractivity contribution < 1.29 is 0 Å². The highest BCUT2D eigenvalue weighted by Crippen LogP contribution is 2.18. The average Bonchev–Trinajstić information content (AvgIpc) is 2.59. The van der Waals surface area contributed by atoms with Crippen LogP contribution in [0.1, 0.15) is 11.1 Å². The number of hydrogen-bond acceptors (Lipinski definition) is 3. The largest absolute Gasteiger partial charge is 0.403 e. The van der Waals surface area contributed by atoms with Crippen molar-refractivity contribution in [2.45, 2.75) is 6.54 Å². The second kappa shape index (κ2) is 6.22. The zero-order valence-electron chi connectivity index (χ0n) is 12.3. The van der Waals surface area contributed by atoms with Crippen molar-refractivity contribution in [1.29, 1.82) is 0 Å². The maximum Gasteiger partial charge on any atom is 0.0545 e. The van der Waals surface area contributed by atoms with Gasteiger partial charge in [-0.05, 0) is 34.5 Å². The number of benzene rings is 3. The highest BCUT2D eigenvalue weighted by molar-refractivity contribution is 5.83. The van der Waals surface area contributed by atoms with Crippen LogP contribution < -0.4 is 16.8 Å². The van der Waals surface area contributed by atoms with Crippen LogP contribution in [0.3, 0.4) is 0 Å². The lowest BCUT2D eigenvalue weighted by Crippen LogP contribution is -2.02. The molecule has 3 aromatic rings. The summed E-state index contributed by atoms with van der Waals surface area (Å²) in [5, 5.41) is 5.94. The second-order valence-corrected chi connectivity index (χ2v) is 5.24. The first-order valence-corrected chi connectivity index (χ1v) is 7.25. The lowest BCUT2D eigenvalue weighted by Gasteiger charge is -2.09. The van der Waals surface area contributed by atoms with E-state index in [2.05, 4.69) is 47.8 Å². The molecule has 0 bridgehead atoms. The van der Waals surface area contributed by atoms with Gasteiger partial charge in [0, 0.05) is 24.0 Å². The monoisotopic (exact) mass is 289 g/mol. The van der Waals surface area contributed by atoms with Gasteiger partial charge in [-0.15, -0.1) is 0 Å². The van der Waals surface area contributed by atoms with Crippen molar-refractivity contribution in [3.8, 4) is 0 Å². The Morgan fingerprint density at radius 3 is 2.55 bits per heavy atom. The molecule has 5 N–H and O–H groups in total. The molecule has 0 saturated heterocycles. The number of nitrogens with two attached hydrogens (primary N) is 2. The molecule has 0 aliphatic carbocycles. The lowest BCUT2D eigenvalue weighted by molar-refractivity contribution is 1.15. The van der Waals surface area contributed by atoms with E-state index in [0.29, 0.717) is 5.70 Å². The maximum absolute atomic E-state index is 5.84. The van der Waals surface area contributed by atoms with Crippen molar-refractivity contribution in [2.24, 2.45) is 11.5 Å². The zero-order valence-corrected chi connectivity index (χ0v) is 12.3. The predicted molar refractivity (Wildman–Crippen MR) is 94.1 cm³/mol. The van der Waals surface area contributed by atoms with Crippen LogP contribution in [0, 0.1) is 0 Å². The summed E-state index contributed by atoms with van der Waals surface area (Å²) >= 11 is 0. The molecule has 0 radical (unpaired) electrons. The Hall–Kier alpha value is -2.94. The Bertz CT molecular complexity index is 822. The van der Waals surface area contributed by atoms with Crippen LogP contribution in [0.2, 0.25) is 0 Å². The highest BCUT2D eigenvalue weighted by Gasteiger charge is 2.00. The standard InChI is InChI=1S/C19H19N3/c20-12-19(21)17-6-3-7-18(11-17)22-13-14-8-9-15-4-1-2-5-16(15)10-14/h1-12,22H,13,20-21H2/b19-12-. The number of nitrogens with one attached hydrogen (secondary N) is 1. The quantitative estimate of drug-likeness (QED) is 0.686. The van der Waals surface area contributed by atoms with E-state index in [1.807, 2.05) is 24.3 Å². The highest BCUT2D eigenvalue weighted by atomic mass is 14.9. The molecule has 3 aromatic carbocycles. The summed E-state index contributed by atoms with van der Waals surface area (Å²) in [6.07, 6.45) is 1.42. The number of hydrogen-bond donors (Lipinski definition) is 3. The van der Waals surface area contributed by atoms with Crippen molar-refractivity contribution >= 4 is 22.2 Å². The third kappa shape index (κ3) is 3.04. The van der Waals surface area contributed by atoms with E-state index >= 15 is 0 Å². The lowest BCUT2D eigenvalue weighted by atomic mass is 10.1. The molecule has 3 rings (SSSR count). The minimum absolute atomic E-state index is 0.578. The smallest absolute Gasteiger partial charge is 0.0545 e. The summed E-state index contributed by atoms with van der Waals surface area (Å²) < 4.78 is 0. The van der Waals surface area contributed by atoms with Gasteiger partial charge in [0.15, 0.2) is 0 Å². The van der Waals surface area contributed by atoms with Gasteiger partial charge in [0.1, 0.15) is 0 Å². The Morgan fingerprint density at radius 1 is 0.909 bits per heavy atom. The minimum Gasteiger partial charge on any atom is -0.403 e. The van der Waals surface area contributed by atoms with Crippen LogP contribution in [0.4, 0.5) is 5.69 Å². The van der Waals surface area contributed by atoms with Crippen molar-refractivity contribution in [3.05, 3.63) is 84.1 Å². The molecule has 0 fully saturated rings. The molecule has 0 saturated carbocycles. The van der Waals surface area contributed by atoms with Gasteiger partial charge in [0.25, 0.3) is 0 Å². The van der Waals surface area contributed by atoms with Crippen LogP contribution in [-0.4, -0.2) is 0 Å². The summed E-state index contributed by atoms with van der Waals surface area (Å²) in [4.78, 5) is 0. The molecule has 3 heteroatoms. The molecular weight excluding hydrogens is 270 g/mol. The van der Waals surface area contributed by atoms with Gasteiger partial charge in [-0.1, -0.05) is 48.5 Å². The van der Waals surface area contributed by atoms with E-state index < -0.39 is 0 Å². The van der Waals surface area contributed by atoms with E-state index in [9.17, 15) is 0 Å². The SMILES string of the molecule is N/C=C(\N)c1cccc(NCc2ccc3ccccc3c2)c1. The number of rotatable bonds is 4. The first kappa shape index (κ1) is 14.0. The molecule has 0 aliphatic rings. The summed E-state index contributed by atoms with van der Waals surface area (Å²) in [7, 11) is 0. The van der Waals surface area contributed by atoms with Gasteiger partial charge < -0.3 is 16.8 Å². The van der Waals surface area contributed by atoms with Crippen molar-refractivity contribution in [3.63, 3.8) is 0 Å². The number of fused-ring (bicyclic) bond motifs is 1. The molecule has 0 amide bonds. The first-order valence-electron chi connectivity index (χ1n) is 7.25. The van der Waals surface area contributed by atoms with Crippen LogP contribution in [0.5, 0.6) is 0 Å². The fourth-order valence-electron chi connectivity index (χ4n) is 2.46. The van der Waals surface area contributed by atoms with Gasteiger partial charge >= 0.3 is 0 Å². The molecule has 22 heavy (non-hydrogen) atoms. The zero-order chi connectivity index (χ0) is 15.4. The molecule has 0 spiro atoms. The van der Waals surface area contributed by atoms with Crippen LogP contribution >= 0.6 is 0 Å². The normalized spacial score (nSPS) is 11.5. The molecule has 0 unspecified atom stereocenters. The van der Waals surface area contributed by atoms with Crippen LogP contribution in [-0.2, 0) is 6.54 Å². The minimum atomic E-state index is 0.578. The molecule has 0 atom stereocenters. The predicted octanol–water partition coefficient (Wildman–Crippen LogP) is 3.67. The Labute approximate surface area is 130 Å². The fourth-order valence-corrected chi connectivity index (χ4v) is 2.46. The van der Waals surface area contributed by atoms with Gasteiger partial charge in [0.2, 0.25) is 0 Å². The van der Waals surface area contributed by atoms with Gasteiger partial charge in [-0.2, -0.15) is 0 Å². The van der Waals surface area contributed by atoms with Gasteiger partial charge in [-0.25, -0.2) is 0 Å². The van der Waals surface area contributed by atoms with Crippen molar-refractivity contribution in [2.75, 3.05) is 5.32 Å². The summed E-state index contributed by atoms with van der Waals surface area (Å²) in [5.74, 6) is 0. The molecule has 0 aromatic heterocycles. The first-order chi connectivity index (χ1) is 10.8. The van der Waals surface area contributed by atoms with Gasteiger partial charge in [0.05, 0.1) is 5.70 Å². The summed E-state index contributed by atoms with van der Waals surface area (Å²) in [5.41, 5.74) is 15.1. The molecule has 0 aliphatic heterocycles. The third-order valence-electron chi connectivity index (χ3n) is 3.69. The van der Waals surface area contributed by atoms with E-state index in [1.165, 1.54) is 22.5 Å². The van der Waals surface area contributed by atoms with Gasteiger partial charge in [-0.3, -0.25) is 0 Å². The Kier molecular flexibility index (Phi) is 3.97.